The lowest BCUT2D eigenvalue weighted by molar-refractivity contribution is -0.125. The first-order chi connectivity index (χ1) is 14.5. The highest BCUT2D eigenvalue weighted by molar-refractivity contribution is 5.94. The van der Waals surface area contributed by atoms with E-state index in [0.29, 0.717) is 25.4 Å². The average Bonchev–Trinajstić information content (AvgIpc) is 3.37. The van der Waals surface area contributed by atoms with Crippen LogP contribution in [0.3, 0.4) is 0 Å². The molecule has 2 aliphatic heterocycles. The fourth-order valence-corrected chi connectivity index (χ4v) is 4.31. The fraction of sp³-hybridized carbons (Fsp3) is 0.375. The highest BCUT2D eigenvalue weighted by Gasteiger charge is 2.47. The third kappa shape index (κ3) is 3.63. The number of ketones is 1. The summed E-state index contributed by atoms with van der Waals surface area (Å²) < 4.78 is 0. The second-order valence-electron chi connectivity index (χ2n) is 8.83. The number of hydrogen-bond acceptors (Lipinski definition) is 4. The van der Waals surface area contributed by atoms with Crippen LogP contribution in [0.4, 0.5) is 10.5 Å². The van der Waals surface area contributed by atoms with Gasteiger partial charge in [-0.1, -0.05) is 25.1 Å². The Kier molecular flexibility index (Phi) is 4.66. The van der Waals surface area contributed by atoms with Crippen molar-refractivity contribution in [3.8, 4) is 0 Å². The number of anilines is 1. The summed E-state index contributed by atoms with van der Waals surface area (Å²) in [4.78, 5) is 31.2. The van der Waals surface area contributed by atoms with Gasteiger partial charge in [0.15, 0.2) is 5.78 Å². The minimum absolute atomic E-state index is 0.0943. The van der Waals surface area contributed by atoms with Gasteiger partial charge in [0.2, 0.25) is 0 Å². The van der Waals surface area contributed by atoms with Crippen LogP contribution in [0, 0.1) is 5.41 Å². The van der Waals surface area contributed by atoms with Crippen molar-refractivity contribution >= 4 is 23.1 Å². The van der Waals surface area contributed by atoms with Gasteiger partial charge in [-0.2, -0.15) is 0 Å². The van der Waals surface area contributed by atoms with Crippen LogP contribution in [0.2, 0.25) is 0 Å². The van der Waals surface area contributed by atoms with Crippen molar-refractivity contribution in [3.05, 3.63) is 65.5 Å². The van der Waals surface area contributed by atoms with Crippen LogP contribution in [-0.4, -0.2) is 34.3 Å². The highest BCUT2D eigenvalue weighted by Crippen LogP contribution is 2.47. The van der Waals surface area contributed by atoms with Gasteiger partial charge in [0.25, 0.3) is 0 Å². The summed E-state index contributed by atoms with van der Waals surface area (Å²) in [6.07, 6.45) is 8.48. The molecule has 0 spiro atoms. The van der Waals surface area contributed by atoms with Gasteiger partial charge in [-0.25, -0.2) is 4.79 Å². The number of nitrogens with zero attached hydrogens (tertiary/aromatic N) is 2. The summed E-state index contributed by atoms with van der Waals surface area (Å²) in [7, 11) is 0. The number of fused-ring (bicyclic) bond motifs is 1. The highest BCUT2D eigenvalue weighted by atomic mass is 16.2. The van der Waals surface area contributed by atoms with Gasteiger partial charge >= 0.3 is 6.03 Å². The summed E-state index contributed by atoms with van der Waals surface area (Å²) in [5, 5.41) is 6.33. The number of urea groups is 1. The van der Waals surface area contributed by atoms with E-state index in [1.54, 1.807) is 11.1 Å². The van der Waals surface area contributed by atoms with E-state index in [4.69, 9.17) is 0 Å². The molecule has 1 atom stereocenters. The second-order valence-corrected chi connectivity index (χ2v) is 8.83. The van der Waals surface area contributed by atoms with Crippen LogP contribution in [0.15, 0.2) is 48.8 Å². The van der Waals surface area contributed by atoms with E-state index in [-0.39, 0.29) is 17.5 Å². The van der Waals surface area contributed by atoms with Crippen LogP contribution in [0.5, 0.6) is 0 Å². The number of Topliss-reactive ketones (excluding diaryl/α,β-unsaturated/α-hetero) is 1. The summed E-state index contributed by atoms with van der Waals surface area (Å²) in [6.45, 7) is 3.98. The molecule has 2 N–H and O–H groups in total. The third-order valence-electron chi connectivity index (χ3n) is 6.57. The number of amides is 2. The molecule has 1 saturated carbocycles. The lowest BCUT2D eigenvalue weighted by Gasteiger charge is -2.26. The Morgan fingerprint density at radius 1 is 1.13 bits per heavy atom. The van der Waals surface area contributed by atoms with Crippen LogP contribution in [-0.2, 0) is 17.9 Å². The van der Waals surface area contributed by atoms with Crippen molar-refractivity contribution in [2.75, 3.05) is 11.9 Å². The van der Waals surface area contributed by atoms with Gasteiger partial charge in [0, 0.05) is 43.1 Å². The normalized spacial score (nSPS) is 21.6. The molecule has 3 heterocycles. The molecule has 1 fully saturated rings. The van der Waals surface area contributed by atoms with Gasteiger partial charge in [-0.15, -0.1) is 0 Å². The molecule has 2 amide bonds. The van der Waals surface area contributed by atoms with Crippen molar-refractivity contribution in [3.63, 3.8) is 0 Å². The maximum Gasteiger partial charge on any atom is 0.322 e. The molecule has 1 aliphatic carbocycles. The standard InChI is InChI=1S/C24H26N4O2/c1-24(8-9-24)22(29)21-12-17(7-11-26-21)16-2-4-20(5-3-16)27-23(30)28-14-18-6-10-25-13-19(18)15-28/h2-7,10,13,21,26H,8-9,11-12,14-15H2,1H3,(H,27,30). The summed E-state index contributed by atoms with van der Waals surface area (Å²) >= 11 is 0. The molecular weight excluding hydrogens is 376 g/mol. The third-order valence-corrected chi connectivity index (χ3v) is 6.57. The molecule has 6 nitrogen and oxygen atoms in total. The SMILES string of the molecule is CC1(C(=O)C2CC(c3ccc(NC(=O)N4Cc5ccncc5C4)cc3)=CCN2)CC1. The largest absolute Gasteiger partial charge is 0.322 e. The summed E-state index contributed by atoms with van der Waals surface area (Å²) in [5.74, 6) is 0.346. The molecule has 30 heavy (non-hydrogen) atoms. The van der Waals surface area contributed by atoms with Crippen LogP contribution < -0.4 is 10.6 Å². The van der Waals surface area contributed by atoms with Gasteiger partial charge in [-0.05, 0) is 59.7 Å². The predicted molar refractivity (Wildman–Crippen MR) is 116 cm³/mol. The topological polar surface area (TPSA) is 74.3 Å². The number of pyridine rings is 1. The number of carbonyl (C=O) groups excluding carboxylic acids is 2. The maximum absolute atomic E-state index is 12.7. The molecule has 2 aromatic rings. The Morgan fingerprint density at radius 2 is 1.90 bits per heavy atom. The first-order valence-electron chi connectivity index (χ1n) is 10.6. The number of nitrogens with one attached hydrogen (secondary N) is 2. The van der Waals surface area contributed by atoms with Crippen molar-refractivity contribution in [2.45, 2.75) is 45.3 Å². The van der Waals surface area contributed by atoms with E-state index >= 15 is 0 Å². The van der Waals surface area contributed by atoms with Crippen molar-refractivity contribution < 1.29 is 9.59 Å². The quantitative estimate of drug-likeness (QED) is 0.817. The maximum atomic E-state index is 12.7. The van der Waals surface area contributed by atoms with Crippen molar-refractivity contribution in [2.24, 2.45) is 5.41 Å². The van der Waals surface area contributed by atoms with E-state index in [1.807, 2.05) is 36.5 Å². The monoisotopic (exact) mass is 402 g/mol. The number of benzene rings is 1. The van der Waals surface area contributed by atoms with E-state index in [0.717, 1.165) is 41.6 Å². The number of rotatable bonds is 4. The fourth-order valence-electron chi connectivity index (χ4n) is 4.31. The van der Waals surface area contributed by atoms with E-state index in [1.165, 1.54) is 5.57 Å². The zero-order valence-electron chi connectivity index (χ0n) is 17.1. The Hall–Kier alpha value is -2.99. The molecule has 0 bridgehead atoms. The first-order valence-corrected chi connectivity index (χ1v) is 10.6. The number of aromatic nitrogens is 1. The van der Waals surface area contributed by atoms with E-state index in [2.05, 4.69) is 28.6 Å². The Bertz CT molecular complexity index is 999. The minimum atomic E-state index is -0.112. The predicted octanol–water partition coefficient (Wildman–Crippen LogP) is 3.74. The first kappa shape index (κ1) is 19.0. The number of hydrogen-bond donors (Lipinski definition) is 2. The van der Waals surface area contributed by atoms with Gasteiger partial charge in [0.05, 0.1) is 6.04 Å². The summed E-state index contributed by atoms with van der Waals surface area (Å²) in [5.41, 5.74) is 5.21. The molecule has 0 radical (unpaired) electrons. The smallest absolute Gasteiger partial charge is 0.316 e. The second kappa shape index (κ2) is 7.36. The van der Waals surface area contributed by atoms with E-state index < -0.39 is 0 Å². The zero-order valence-corrected chi connectivity index (χ0v) is 17.1. The molecule has 6 heteroatoms. The Labute approximate surface area is 176 Å². The molecule has 154 valence electrons. The van der Waals surface area contributed by atoms with Crippen LogP contribution in [0.25, 0.3) is 5.57 Å². The van der Waals surface area contributed by atoms with Crippen molar-refractivity contribution in [1.82, 2.24) is 15.2 Å². The van der Waals surface area contributed by atoms with Gasteiger partial charge in [-0.3, -0.25) is 9.78 Å². The molecule has 1 aromatic heterocycles. The number of carbonyl (C=O) groups is 2. The van der Waals surface area contributed by atoms with E-state index in [9.17, 15) is 9.59 Å². The summed E-state index contributed by atoms with van der Waals surface area (Å²) in [6, 6.07) is 9.67. The van der Waals surface area contributed by atoms with Gasteiger partial charge in [0.1, 0.15) is 0 Å². The Balaban J connectivity index is 1.21. The lowest BCUT2D eigenvalue weighted by Crippen LogP contribution is -2.42. The molecular formula is C24H26N4O2. The van der Waals surface area contributed by atoms with Crippen LogP contribution in [0.1, 0.15) is 42.9 Å². The lowest BCUT2D eigenvalue weighted by atomic mass is 9.88. The average molecular weight is 402 g/mol. The minimum Gasteiger partial charge on any atom is -0.316 e. The van der Waals surface area contributed by atoms with Crippen LogP contribution >= 0.6 is 0 Å². The molecule has 1 aromatic carbocycles. The molecule has 0 saturated heterocycles. The Morgan fingerprint density at radius 3 is 2.63 bits per heavy atom. The zero-order chi connectivity index (χ0) is 20.7. The molecule has 1 unspecified atom stereocenters. The van der Waals surface area contributed by atoms with Gasteiger partial charge < -0.3 is 15.5 Å². The molecule has 3 aliphatic rings. The molecule has 5 rings (SSSR count). The van der Waals surface area contributed by atoms with Crippen molar-refractivity contribution in [1.29, 1.82) is 0 Å².